The normalized spacial score (nSPS) is 10.9. The molecule has 48 heavy (non-hydrogen) atoms. The lowest BCUT2D eigenvalue weighted by Crippen LogP contribution is -2.00. The monoisotopic (exact) mass is 617 g/mol. The van der Waals surface area contributed by atoms with E-state index in [4.69, 9.17) is 24.9 Å². The van der Waals surface area contributed by atoms with Crippen LogP contribution in [0.3, 0.4) is 0 Å². The molecule has 0 radical (unpaired) electrons. The summed E-state index contributed by atoms with van der Waals surface area (Å²) in [5.41, 5.74) is 9.70. The predicted octanol–water partition coefficient (Wildman–Crippen LogP) is 9.12. The van der Waals surface area contributed by atoms with Crippen molar-refractivity contribution in [3.63, 3.8) is 0 Å². The lowest BCUT2D eigenvalue weighted by molar-refractivity contribution is 1.07. The highest BCUT2D eigenvalue weighted by atomic mass is 15.0. The number of hydrogen-bond acceptors (Lipinski definition) is 7. The van der Waals surface area contributed by atoms with Crippen molar-refractivity contribution < 1.29 is 0 Å². The van der Waals surface area contributed by atoms with Crippen molar-refractivity contribution in [3.05, 3.63) is 164 Å². The summed E-state index contributed by atoms with van der Waals surface area (Å²) in [6.07, 6.45) is 5.44. The van der Waals surface area contributed by atoms with Crippen LogP contribution in [-0.2, 0) is 0 Å². The first-order valence-electron chi connectivity index (χ1n) is 15.6. The second-order valence-electron chi connectivity index (χ2n) is 11.1. The molecule has 0 bridgehead atoms. The average molecular weight is 618 g/mol. The number of benzene rings is 3. The van der Waals surface area contributed by atoms with E-state index in [1.165, 1.54) is 0 Å². The summed E-state index contributed by atoms with van der Waals surface area (Å²) in [5, 5.41) is 0. The van der Waals surface area contributed by atoms with Gasteiger partial charge in [0.2, 0.25) is 0 Å². The van der Waals surface area contributed by atoms with Crippen LogP contribution in [0.5, 0.6) is 0 Å². The number of nitrogens with zero attached hydrogens (tertiary/aromatic N) is 7. The fourth-order valence-corrected chi connectivity index (χ4v) is 5.45. The topological polar surface area (TPSA) is 90.2 Å². The Kier molecular flexibility index (Phi) is 7.74. The van der Waals surface area contributed by atoms with Crippen LogP contribution in [-0.4, -0.2) is 34.9 Å². The molecule has 3 aromatic carbocycles. The van der Waals surface area contributed by atoms with Crippen molar-refractivity contribution in [2.24, 2.45) is 0 Å². The number of rotatable bonds is 7. The van der Waals surface area contributed by atoms with Crippen LogP contribution in [0.25, 0.3) is 79.3 Å². The second kappa shape index (κ2) is 12.9. The van der Waals surface area contributed by atoms with Crippen LogP contribution in [0.4, 0.5) is 0 Å². The van der Waals surface area contributed by atoms with Crippen molar-refractivity contribution in [1.29, 1.82) is 0 Å². The molecule has 0 fully saturated rings. The van der Waals surface area contributed by atoms with Crippen molar-refractivity contribution in [3.8, 4) is 79.3 Å². The van der Waals surface area contributed by atoms with Gasteiger partial charge in [0.1, 0.15) is 0 Å². The van der Waals surface area contributed by atoms with Gasteiger partial charge in [-0.3, -0.25) is 15.0 Å². The molecule has 0 saturated carbocycles. The molecule has 0 aliphatic rings. The second-order valence-corrected chi connectivity index (χ2v) is 11.1. The van der Waals surface area contributed by atoms with Gasteiger partial charge in [0.25, 0.3) is 0 Å². The van der Waals surface area contributed by atoms with Gasteiger partial charge in [-0.2, -0.15) is 0 Å². The van der Waals surface area contributed by atoms with E-state index < -0.39 is 0 Å². The minimum atomic E-state index is 0.618. The fourth-order valence-electron chi connectivity index (χ4n) is 5.45. The zero-order valence-corrected chi connectivity index (χ0v) is 25.7. The van der Waals surface area contributed by atoms with Crippen molar-refractivity contribution >= 4 is 0 Å². The molecule has 0 aliphatic carbocycles. The van der Waals surface area contributed by atoms with Gasteiger partial charge in [0.15, 0.2) is 17.5 Å². The summed E-state index contributed by atoms with van der Waals surface area (Å²) < 4.78 is 0. The minimum Gasteiger partial charge on any atom is -0.256 e. The largest absolute Gasteiger partial charge is 0.256 e. The van der Waals surface area contributed by atoms with Crippen molar-refractivity contribution in [2.75, 3.05) is 0 Å². The smallest absolute Gasteiger partial charge is 0.164 e. The van der Waals surface area contributed by atoms with E-state index in [-0.39, 0.29) is 0 Å². The highest BCUT2D eigenvalue weighted by Crippen LogP contribution is 2.30. The Morgan fingerprint density at radius 2 is 0.729 bits per heavy atom. The number of hydrogen-bond donors (Lipinski definition) is 0. The van der Waals surface area contributed by atoms with E-state index >= 15 is 0 Å². The summed E-state index contributed by atoms with van der Waals surface area (Å²) in [6.45, 7) is 0. The lowest BCUT2D eigenvalue weighted by atomic mass is 10.0. The third kappa shape index (κ3) is 6.08. The Balaban J connectivity index is 1.11. The van der Waals surface area contributed by atoms with E-state index in [1.807, 2.05) is 134 Å². The molecule has 0 unspecified atom stereocenters. The van der Waals surface area contributed by atoms with Gasteiger partial charge in [-0.1, -0.05) is 103 Å². The van der Waals surface area contributed by atoms with Crippen molar-refractivity contribution in [1.82, 2.24) is 34.9 Å². The number of aromatic nitrogens is 7. The lowest BCUT2D eigenvalue weighted by Gasteiger charge is -2.10. The van der Waals surface area contributed by atoms with Crippen LogP contribution in [0.15, 0.2) is 164 Å². The molecule has 0 amide bonds. The molecule has 8 aromatic rings. The van der Waals surface area contributed by atoms with Gasteiger partial charge in [-0.15, -0.1) is 0 Å². The number of pyridine rings is 4. The van der Waals surface area contributed by atoms with E-state index in [0.29, 0.717) is 17.5 Å². The van der Waals surface area contributed by atoms with Crippen LogP contribution < -0.4 is 0 Å². The molecule has 7 nitrogen and oxygen atoms in total. The molecule has 7 heteroatoms. The summed E-state index contributed by atoms with van der Waals surface area (Å²) in [7, 11) is 0. The molecule has 8 rings (SSSR count). The fraction of sp³-hybridized carbons (Fsp3) is 0. The highest BCUT2D eigenvalue weighted by Gasteiger charge is 2.14. The molecule has 5 heterocycles. The van der Waals surface area contributed by atoms with Gasteiger partial charge in [-0.05, 0) is 48.0 Å². The molecular formula is C41H27N7. The van der Waals surface area contributed by atoms with Crippen LogP contribution >= 0.6 is 0 Å². The summed E-state index contributed by atoms with van der Waals surface area (Å²) in [6, 6.07) is 48.0. The van der Waals surface area contributed by atoms with Gasteiger partial charge in [-0.25, -0.2) is 19.9 Å². The quantitative estimate of drug-likeness (QED) is 0.176. The predicted molar refractivity (Wildman–Crippen MR) is 189 cm³/mol. The molecule has 0 N–H and O–H groups in total. The molecule has 0 atom stereocenters. The molecule has 5 aromatic heterocycles. The maximum Gasteiger partial charge on any atom is 0.164 e. The SMILES string of the molecule is c1ccc(-c2nc(-c3ccccc3)nc(-c3ccc(-c4ccc(-c5cc(-c6ccccn6)nc(-c6ccccn6)c5)nc4)cc3)n2)cc1. The zero-order chi connectivity index (χ0) is 32.1. The molecular weight excluding hydrogens is 591 g/mol. The third-order valence-corrected chi connectivity index (χ3v) is 7.92. The summed E-state index contributed by atoms with van der Waals surface area (Å²) in [5.74, 6) is 1.89. The Morgan fingerprint density at radius 1 is 0.271 bits per heavy atom. The molecule has 226 valence electrons. The first-order valence-corrected chi connectivity index (χ1v) is 15.6. The first-order chi connectivity index (χ1) is 23.8. The maximum atomic E-state index is 4.88. The highest BCUT2D eigenvalue weighted by molar-refractivity contribution is 5.75. The minimum absolute atomic E-state index is 0.618. The Bertz CT molecular complexity index is 2010. The Hall–Kier alpha value is -6.73. The molecule has 0 aliphatic heterocycles. The third-order valence-electron chi connectivity index (χ3n) is 7.92. The van der Waals surface area contributed by atoms with Gasteiger partial charge < -0.3 is 0 Å². The maximum absolute atomic E-state index is 4.88. The van der Waals surface area contributed by atoms with E-state index in [0.717, 1.165) is 61.9 Å². The van der Waals surface area contributed by atoms with Gasteiger partial charge in [0.05, 0.1) is 28.5 Å². The zero-order valence-electron chi connectivity index (χ0n) is 25.7. The van der Waals surface area contributed by atoms with Gasteiger partial charge in [0, 0.05) is 46.4 Å². The standard InChI is InChI=1S/C41H27N7/c1-3-11-29(12-4-1)39-46-40(30-13-5-2-6-14-30)48-41(47-39)31-19-17-28(18-20-31)32-21-22-34(44-27-32)33-25-37(35-15-7-9-23-42-35)45-38(26-33)36-16-8-10-24-43-36/h1-27H. The Labute approximate surface area is 277 Å². The van der Waals surface area contributed by atoms with Crippen LogP contribution in [0.1, 0.15) is 0 Å². The Morgan fingerprint density at radius 3 is 1.19 bits per heavy atom. The van der Waals surface area contributed by atoms with Crippen LogP contribution in [0, 0.1) is 0 Å². The van der Waals surface area contributed by atoms with E-state index in [9.17, 15) is 0 Å². The van der Waals surface area contributed by atoms with Gasteiger partial charge >= 0.3 is 0 Å². The summed E-state index contributed by atoms with van der Waals surface area (Å²) in [4.78, 5) is 33.3. The van der Waals surface area contributed by atoms with E-state index in [2.05, 4.69) is 28.2 Å². The van der Waals surface area contributed by atoms with Crippen LogP contribution in [0.2, 0.25) is 0 Å². The molecule has 0 spiro atoms. The first kappa shape index (κ1) is 28.7. The van der Waals surface area contributed by atoms with E-state index in [1.54, 1.807) is 12.4 Å². The average Bonchev–Trinajstić information content (AvgIpc) is 3.19. The summed E-state index contributed by atoms with van der Waals surface area (Å²) >= 11 is 0. The van der Waals surface area contributed by atoms with Crippen molar-refractivity contribution in [2.45, 2.75) is 0 Å². The molecule has 0 saturated heterocycles.